The summed E-state index contributed by atoms with van der Waals surface area (Å²) in [6.07, 6.45) is 0. The number of carbonyl (C=O) groups is 1. The minimum atomic E-state index is -0.127. The fourth-order valence-electron chi connectivity index (χ4n) is 2.46. The number of aromatic nitrogens is 2. The maximum atomic E-state index is 12.3. The Morgan fingerprint density at radius 1 is 1.38 bits per heavy atom. The zero-order valence-electron chi connectivity index (χ0n) is 13.4. The van der Waals surface area contributed by atoms with Gasteiger partial charge in [-0.3, -0.25) is 9.59 Å². The van der Waals surface area contributed by atoms with Crippen LogP contribution in [0.15, 0.2) is 45.4 Å². The van der Waals surface area contributed by atoms with Crippen molar-refractivity contribution in [2.45, 2.75) is 25.3 Å². The molecule has 0 spiro atoms. The largest absolute Gasteiger partial charge is 0.308 e. The summed E-state index contributed by atoms with van der Waals surface area (Å²) in [5.41, 5.74) is 1.73. The average Bonchev–Trinajstić information content (AvgIpc) is 2.97. The van der Waals surface area contributed by atoms with Crippen molar-refractivity contribution in [2.24, 2.45) is 0 Å². The average molecular weight is 359 g/mol. The summed E-state index contributed by atoms with van der Waals surface area (Å²) in [7, 11) is 0. The smallest absolute Gasteiger partial charge is 0.252 e. The molecule has 0 saturated heterocycles. The number of benzene rings is 1. The van der Waals surface area contributed by atoms with E-state index in [1.807, 2.05) is 43.5 Å². The predicted octanol–water partition coefficient (Wildman–Crippen LogP) is 3.52. The van der Waals surface area contributed by atoms with Gasteiger partial charge in [0.05, 0.1) is 17.0 Å². The molecule has 2 aromatic heterocycles. The molecule has 1 aromatic carbocycles. The maximum Gasteiger partial charge on any atom is 0.252 e. The van der Waals surface area contributed by atoms with Crippen molar-refractivity contribution in [3.63, 3.8) is 0 Å². The summed E-state index contributed by atoms with van der Waals surface area (Å²) in [5, 5.41) is 6.26. The first-order valence-electron chi connectivity index (χ1n) is 7.56. The van der Waals surface area contributed by atoms with Crippen molar-refractivity contribution >= 4 is 45.0 Å². The molecule has 0 radical (unpaired) electrons. The fraction of sp³-hybridized carbons (Fsp3) is 0.235. The number of rotatable bonds is 5. The third-order valence-corrected chi connectivity index (χ3v) is 5.45. The van der Waals surface area contributed by atoms with Crippen molar-refractivity contribution in [3.8, 4) is 0 Å². The van der Waals surface area contributed by atoms with E-state index < -0.39 is 0 Å². The van der Waals surface area contributed by atoms with E-state index in [1.54, 1.807) is 10.6 Å². The molecule has 1 amide bonds. The van der Waals surface area contributed by atoms with Crippen molar-refractivity contribution in [1.29, 1.82) is 0 Å². The zero-order chi connectivity index (χ0) is 17.1. The number of anilines is 1. The summed E-state index contributed by atoms with van der Waals surface area (Å²) in [4.78, 5) is 29.4. The molecule has 0 bridgehead atoms. The first kappa shape index (κ1) is 16.7. The lowest BCUT2D eigenvalue weighted by atomic mass is 10.2. The van der Waals surface area contributed by atoms with Crippen LogP contribution in [0.25, 0.3) is 10.9 Å². The number of aryl methyl sites for hydroxylation is 2. The molecule has 0 aliphatic rings. The number of nitrogens with one attached hydrogen (secondary N) is 1. The van der Waals surface area contributed by atoms with E-state index in [4.69, 9.17) is 0 Å². The lowest BCUT2D eigenvalue weighted by molar-refractivity contribution is -0.113. The van der Waals surface area contributed by atoms with Gasteiger partial charge < -0.3 is 9.88 Å². The first-order valence-corrected chi connectivity index (χ1v) is 9.42. The van der Waals surface area contributed by atoms with Crippen molar-refractivity contribution in [1.82, 2.24) is 9.55 Å². The van der Waals surface area contributed by atoms with Gasteiger partial charge in [0.1, 0.15) is 0 Å². The highest BCUT2D eigenvalue weighted by atomic mass is 32.2. The van der Waals surface area contributed by atoms with Crippen molar-refractivity contribution in [3.05, 3.63) is 51.8 Å². The Morgan fingerprint density at radius 3 is 2.88 bits per heavy atom. The number of amides is 1. The molecule has 124 valence electrons. The van der Waals surface area contributed by atoms with Crippen LogP contribution in [-0.2, 0) is 11.3 Å². The van der Waals surface area contributed by atoms with Crippen LogP contribution in [0, 0.1) is 6.92 Å². The number of para-hydroxylation sites is 1. The molecular formula is C17H17N3O2S2. The molecular weight excluding hydrogens is 342 g/mol. The Balaban J connectivity index is 1.80. The van der Waals surface area contributed by atoms with Gasteiger partial charge in [-0.25, -0.2) is 4.98 Å². The van der Waals surface area contributed by atoms with Crippen LogP contribution in [0.3, 0.4) is 0 Å². The summed E-state index contributed by atoms with van der Waals surface area (Å²) >= 11 is 2.77. The second kappa shape index (κ2) is 7.19. The van der Waals surface area contributed by atoms with Gasteiger partial charge >= 0.3 is 0 Å². The monoisotopic (exact) mass is 359 g/mol. The first-order chi connectivity index (χ1) is 11.6. The number of hydrogen-bond donors (Lipinski definition) is 1. The van der Waals surface area contributed by atoms with Gasteiger partial charge in [0.2, 0.25) is 5.91 Å². The topological polar surface area (TPSA) is 64.0 Å². The van der Waals surface area contributed by atoms with E-state index in [0.29, 0.717) is 11.7 Å². The molecule has 0 saturated carbocycles. The summed E-state index contributed by atoms with van der Waals surface area (Å²) in [6.45, 7) is 4.45. The quantitative estimate of drug-likeness (QED) is 0.708. The Hall–Kier alpha value is -2.12. The molecule has 24 heavy (non-hydrogen) atoms. The lowest BCUT2D eigenvalue weighted by Gasteiger charge is -2.11. The minimum Gasteiger partial charge on any atom is -0.308 e. The Bertz CT molecular complexity index is 946. The maximum absolute atomic E-state index is 12.3. The molecule has 3 rings (SSSR count). The van der Waals surface area contributed by atoms with E-state index in [2.05, 4.69) is 10.3 Å². The normalized spacial score (nSPS) is 10.9. The molecule has 7 heteroatoms. The Kier molecular flexibility index (Phi) is 5.01. The Morgan fingerprint density at radius 2 is 2.17 bits per heavy atom. The number of nitrogens with zero attached hydrogens (tertiary/aromatic N) is 2. The third-order valence-electron chi connectivity index (χ3n) is 3.52. The second-order valence-corrected chi connectivity index (χ2v) is 7.11. The Labute approximate surface area is 147 Å². The van der Waals surface area contributed by atoms with Gasteiger partial charge in [0, 0.05) is 28.3 Å². The van der Waals surface area contributed by atoms with Gasteiger partial charge in [-0.1, -0.05) is 18.2 Å². The molecule has 3 aromatic rings. The van der Waals surface area contributed by atoms with Crippen molar-refractivity contribution in [2.75, 3.05) is 11.1 Å². The predicted molar refractivity (Wildman–Crippen MR) is 100 cm³/mol. The number of thiazole rings is 1. The molecule has 5 nitrogen and oxygen atoms in total. The zero-order valence-corrected chi connectivity index (χ0v) is 15.0. The van der Waals surface area contributed by atoms with E-state index in [1.165, 1.54) is 23.1 Å². The number of fused-ring (bicyclic) bond motifs is 1. The van der Waals surface area contributed by atoms with Crippen LogP contribution in [-0.4, -0.2) is 21.2 Å². The van der Waals surface area contributed by atoms with Crippen LogP contribution in [0.2, 0.25) is 0 Å². The highest BCUT2D eigenvalue weighted by Gasteiger charge is 2.11. The van der Waals surface area contributed by atoms with Crippen LogP contribution in [0.1, 0.15) is 12.6 Å². The standard InChI is InChI=1S/C17H17N3O2S2/c1-3-20-13-7-5-4-6-12(13)14(8-16(20)22)23-10-15(21)19-17-18-11(2)9-24-17/h4-9H,3,10H2,1-2H3,(H,18,19,21). The van der Waals surface area contributed by atoms with Crippen LogP contribution >= 0.6 is 23.1 Å². The summed E-state index contributed by atoms with van der Waals surface area (Å²) in [5.74, 6) is 0.108. The van der Waals surface area contributed by atoms with E-state index in [-0.39, 0.29) is 17.2 Å². The van der Waals surface area contributed by atoms with E-state index in [0.717, 1.165) is 21.5 Å². The highest BCUT2D eigenvalue weighted by molar-refractivity contribution is 8.00. The number of pyridine rings is 1. The molecule has 0 aliphatic carbocycles. The number of carbonyl (C=O) groups excluding carboxylic acids is 1. The number of thioether (sulfide) groups is 1. The fourth-order valence-corrected chi connectivity index (χ4v) is 4.03. The third kappa shape index (κ3) is 3.52. The molecule has 0 aliphatic heterocycles. The molecule has 1 N–H and O–H groups in total. The molecule has 0 fully saturated rings. The molecule has 2 heterocycles. The lowest BCUT2D eigenvalue weighted by Crippen LogP contribution is -2.19. The summed E-state index contributed by atoms with van der Waals surface area (Å²) in [6, 6.07) is 9.38. The van der Waals surface area contributed by atoms with E-state index >= 15 is 0 Å². The van der Waals surface area contributed by atoms with Crippen LogP contribution in [0.4, 0.5) is 5.13 Å². The molecule has 0 unspecified atom stereocenters. The van der Waals surface area contributed by atoms with Gasteiger partial charge in [-0.05, 0) is 19.9 Å². The second-order valence-electron chi connectivity index (χ2n) is 5.24. The summed E-state index contributed by atoms with van der Waals surface area (Å²) < 4.78 is 1.73. The molecule has 0 atom stereocenters. The van der Waals surface area contributed by atoms with E-state index in [9.17, 15) is 9.59 Å². The van der Waals surface area contributed by atoms with Gasteiger partial charge in [-0.15, -0.1) is 23.1 Å². The SMILES string of the molecule is CCn1c(=O)cc(SCC(=O)Nc2nc(C)cs2)c2ccccc21. The van der Waals surface area contributed by atoms with Crippen molar-refractivity contribution < 1.29 is 4.79 Å². The minimum absolute atomic E-state index is 0.0466. The number of hydrogen-bond acceptors (Lipinski definition) is 5. The van der Waals surface area contributed by atoms with Gasteiger partial charge in [0.25, 0.3) is 5.56 Å². The van der Waals surface area contributed by atoms with Gasteiger partial charge in [-0.2, -0.15) is 0 Å². The van der Waals surface area contributed by atoms with Crippen LogP contribution in [0.5, 0.6) is 0 Å². The van der Waals surface area contributed by atoms with Gasteiger partial charge in [0.15, 0.2) is 5.13 Å². The van der Waals surface area contributed by atoms with Crippen LogP contribution < -0.4 is 10.9 Å². The highest BCUT2D eigenvalue weighted by Crippen LogP contribution is 2.26.